The highest BCUT2D eigenvalue weighted by atomic mass is 15.0. The van der Waals surface area contributed by atoms with Gasteiger partial charge >= 0.3 is 0 Å². The molecule has 0 aliphatic rings. The molecule has 0 saturated heterocycles. The van der Waals surface area contributed by atoms with Gasteiger partial charge in [0.05, 0.1) is 6.54 Å². The predicted octanol–water partition coefficient (Wildman–Crippen LogP) is 4.65. The lowest BCUT2D eigenvalue weighted by atomic mass is 10.1. The highest BCUT2D eigenvalue weighted by molar-refractivity contribution is 5.54. The first-order valence-electron chi connectivity index (χ1n) is 6.87. The van der Waals surface area contributed by atoms with Gasteiger partial charge in [-0.15, -0.1) is 0 Å². The monoisotopic (exact) mass is 266 g/mol. The molecule has 2 aromatic rings. The van der Waals surface area contributed by atoms with Crippen molar-refractivity contribution in [3.8, 4) is 0 Å². The van der Waals surface area contributed by atoms with Crippen LogP contribution in [0.1, 0.15) is 16.7 Å². The van der Waals surface area contributed by atoms with Crippen LogP contribution in [0.3, 0.4) is 0 Å². The lowest BCUT2D eigenvalue weighted by Crippen LogP contribution is -2.11. The van der Waals surface area contributed by atoms with E-state index in [1.54, 1.807) is 0 Å². The summed E-state index contributed by atoms with van der Waals surface area (Å²) in [6, 6.07) is 14.7. The zero-order chi connectivity index (χ0) is 14.5. The predicted molar refractivity (Wildman–Crippen MR) is 88.3 cm³/mol. The van der Waals surface area contributed by atoms with Gasteiger partial charge in [-0.1, -0.05) is 42.0 Å². The number of anilines is 2. The van der Waals surface area contributed by atoms with E-state index in [0.717, 1.165) is 17.1 Å². The van der Waals surface area contributed by atoms with Gasteiger partial charge in [-0.25, -0.2) is 0 Å². The van der Waals surface area contributed by atoms with Crippen LogP contribution in [0.15, 0.2) is 54.7 Å². The van der Waals surface area contributed by atoms with Crippen molar-refractivity contribution in [3.05, 3.63) is 71.4 Å². The largest absolute Gasteiger partial charge is 0.379 e. The zero-order valence-corrected chi connectivity index (χ0v) is 12.5. The molecule has 0 heterocycles. The van der Waals surface area contributed by atoms with Crippen LogP contribution in [0, 0.1) is 20.8 Å². The van der Waals surface area contributed by atoms with Gasteiger partial charge in [-0.3, -0.25) is 0 Å². The summed E-state index contributed by atoms with van der Waals surface area (Å²) in [6.45, 7) is 11.1. The third kappa shape index (κ3) is 3.89. The fourth-order valence-corrected chi connectivity index (χ4v) is 2.10. The van der Waals surface area contributed by atoms with Crippen molar-refractivity contribution < 1.29 is 0 Å². The molecular formula is C18H22N2. The summed E-state index contributed by atoms with van der Waals surface area (Å²) in [4.78, 5) is 0. The van der Waals surface area contributed by atoms with Crippen LogP contribution in [0.4, 0.5) is 11.4 Å². The number of aryl methyl sites for hydroxylation is 3. The molecule has 0 amide bonds. The van der Waals surface area contributed by atoms with Crippen molar-refractivity contribution in [1.29, 1.82) is 0 Å². The Morgan fingerprint density at radius 3 is 2.25 bits per heavy atom. The van der Waals surface area contributed by atoms with Gasteiger partial charge in [0.1, 0.15) is 0 Å². The molecule has 2 nitrogen and oxygen atoms in total. The van der Waals surface area contributed by atoms with Gasteiger partial charge < -0.3 is 10.6 Å². The minimum absolute atomic E-state index is 0.706. The van der Waals surface area contributed by atoms with Gasteiger partial charge in [-0.2, -0.15) is 0 Å². The summed E-state index contributed by atoms with van der Waals surface area (Å²) < 4.78 is 0. The van der Waals surface area contributed by atoms with Crippen LogP contribution in [0.25, 0.3) is 0 Å². The molecule has 0 atom stereocenters. The molecule has 0 aliphatic carbocycles. The fraction of sp³-hybridized carbons (Fsp3) is 0.222. The molecule has 2 heteroatoms. The summed E-state index contributed by atoms with van der Waals surface area (Å²) in [5.41, 5.74) is 6.98. The highest BCUT2D eigenvalue weighted by Gasteiger charge is 2.00. The van der Waals surface area contributed by atoms with E-state index < -0.39 is 0 Å². The van der Waals surface area contributed by atoms with Crippen molar-refractivity contribution in [2.45, 2.75) is 20.8 Å². The summed E-state index contributed by atoms with van der Waals surface area (Å²) in [5.74, 6) is 0. The van der Waals surface area contributed by atoms with E-state index in [0.29, 0.717) is 6.54 Å². The van der Waals surface area contributed by atoms with E-state index in [9.17, 15) is 0 Å². The molecule has 104 valence electrons. The number of rotatable bonds is 5. The molecule has 0 spiro atoms. The zero-order valence-electron chi connectivity index (χ0n) is 12.5. The Morgan fingerprint density at radius 1 is 0.950 bits per heavy atom. The van der Waals surface area contributed by atoms with Gasteiger partial charge in [-0.05, 0) is 44.5 Å². The fourth-order valence-electron chi connectivity index (χ4n) is 2.10. The molecule has 0 aromatic heterocycles. The van der Waals surface area contributed by atoms with E-state index in [4.69, 9.17) is 0 Å². The van der Waals surface area contributed by atoms with Crippen LogP contribution >= 0.6 is 0 Å². The summed E-state index contributed by atoms with van der Waals surface area (Å²) in [7, 11) is 0. The second-order valence-electron chi connectivity index (χ2n) is 5.27. The molecule has 2 aromatic carbocycles. The third-order valence-corrected chi connectivity index (χ3v) is 3.25. The Hall–Kier alpha value is -2.22. The normalized spacial score (nSPS) is 10.2. The van der Waals surface area contributed by atoms with E-state index in [1.165, 1.54) is 16.7 Å². The average Bonchev–Trinajstić information content (AvgIpc) is 2.40. The molecule has 0 saturated carbocycles. The van der Waals surface area contributed by atoms with Crippen molar-refractivity contribution in [1.82, 2.24) is 0 Å². The standard InChI is InChI=1S/C18H22N2/c1-13-5-8-17(9-6-13)20-16(4)12-19-18-10-7-14(2)11-15(18)3/h5-11,19-20H,4,12H2,1-3H3. The molecule has 0 bridgehead atoms. The molecule has 0 unspecified atom stereocenters. The van der Waals surface area contributed by atoms with Crippen LogP contribution < -0.4 is 10.6 Å². The van der Waals surface area contributed by atoms with E-state index in [2.05, 4.69) is 80.4 Å². The van der Waals surface area contributed by atoms with Crippen molar-refractivity contribution >= 4 is 11.4 Å². The van der Waals surface area contributed by atoms with Crippen molar-refractivity contribution in [3.63, 3.8) is 0 Å². The number of hydrogen-bond acceptors (Lipinski definition) is 2. The SMILES string of the molecule is C=C(CNc1ccc(C)cc1C)Nc1ccc(C)cc1. The molecule has 20 heavy (non-hydrogen) atoms. The molecule has 0 fully saturated rings. The first-order chi connectivity index (χ1) is 9.54. The van der Waals surface area contributed by atoms with E-state index in [1.807, 2.05) is 0 Å². The Kier molecular flexibility index (Phi) is 4.46. The smallest absolute Gasteiger partial charge is 0.0545 e. The van der Waals surface area contributed by atoms with Crippen molar-refractivity contribution in [2.75, 3.05) is 17.2 Å². The molecule has 0 radical (unpaired) electrons. The second-order valence-corrected chi connectivity index (χ2v) is 5.27. The quantitative estimate of drug-likeness (QED) is 0.823. The maximum absolute atomic E-state index is 4.06. The number of benzene rings is 2. The van der Waals surface area contributed by atoms with E-state index >= 15 is 0 Å². The Bertz CT molecular complexity index is 597. The summed E-state index contributed by atoms with van der Waals surface area (Å²) >= 11 is 0. The topological polar surface area (TPSA) is 24.1 Å². The lowest BCUT2D eigenvalue weighted by molar-refractivity contribution is 1.20. The van der Waals surface area contributed by atoms with Crippen LogP contribution in [-0.4, -0.2) is 6.54 Å². The van der Waals surface area contributed by atoms with Crippen LogP contribution in [0.5, 0.6) is 0 Å². The van der Waals surface area contributed by atoms with Gasteiger partial charge in [0.2, 0.25) is 0 Å². The van der Waals surface area contributed by atoms with Gasteiger partial charge in [0.25, 0.3) is 0 Å². The molecule has 0 aliphatic heterocycles. The molecule has 2 N–H and O–H groups in total. The van der Waals surface area contributed by atoms with E-state index in [-0.39, 0.29) is 0 Å². The van der Waals surface area contributed by atoms with Gasteiger partial charge in [0.15, 0.2) is 0 Å². The maximum atomic E-state index is 4.06. The Morgan fingerprint density at radius 2 is 1.60 bits per heavy atom. The number of hydrogen-bond donors (Lipinski definition) is 2. The summed E-state index contributed by atoms with van der Waals surface area (Å²) in [6.07, 6.45) is 0. The maximum Gasteiger partial charge on any atom is 0.0545 e. The van der Waals surface area contributed by atoms with Crippen LogP contribution in [0.2, 0.25) is 0 Å². The summed E-state index contributed by atoms with van der Waals surface area (Å²) in [5, 5.41) is 6.72. The minimum Gasteiger partial charge on any atom is -0.379 e. The third-order valence-electron chi connectivity index (χ3n) is 3.25. The lowest BCUT2D eigenvalue weighted by Gasteiger charge is -2.14. The average molecular weight is 266 g/mol. The number of nitrogens with one attached hydrogen (secondary N) is 2. The first-order valence-corrected chi connectivity index (χ1v) is 6.87. The Balaban J connectivity index is 1.90. The Labute approximate surface area is 121 Å². The van der Waals surface area contributed by atoms with Gasteiger partial charge in [0, 0.05) is 17.1 Å². The molecule has 2 rings (SSSR count). The second kappa shape index (κ2) is 6.29. The first kappa shape index (κ1) is 14.2. The molecular weight excluding hydrogens is 244 g/mol. The minimum atomic E-state index is 0.706. The van der Waals surface area contributed by atoms with Crippen molar-refractivity contribution in [2.24, 2.45) is 0 Å². The van der Waals surface area contributed by atoms with Crippen LogP contribution in [-0.2, 0) is 0 Å². The highest BCUT2D eigenvalue weighted by Crippen LogP contribution is 2.17.